The minimum absolute atomic E-state index is 0.103. The SMILES string of the molecule is COCN(c1cc(Cl)cnc1C(=O)c1ccnc(NS(C)(=O)=O)c1)S(=O)(=O)c1ccc(Cl)c(C(F)(F)F)c1. The summed E-state index contributed by atoms with van der Waals surface area (Å²) in [6.07, 6.45) is -1.90. The maximum Gasteiger partial charge on any atom is 0.417 e. The molecule has 3 rings (SSSR count). The predicted octanol–water partition coefficient (Wildman–Crippen LogP) is 4.20. The molecule has 3 aromatic rings. The molecule has 1 aromatic carbocycles. The summed E-state index contributed by atoms with van der Waals surface area (Å²) in [5, 5.41) is -0.819. The number of anilines is 2. The van der Waals surface area contributed by atoms with E-state index in [0.717, 1.165) is 50.0 Å². The van der Waals surface area contributed by atoms with Crippen LogP contribution in [-0.2, 0) is 31.0 Å². The molecular formula is C21H17Cl2F3N4O6S2. The maximum atomic E-state index is 13.5. The Kier molecular flexibility index (Phi) is 8.58. The van der Waals surface area contributed by atoms with Crippen molar-refractivity contribution in [2.45, 2.75) is 11.1 Å². The minimum atomic E-state index is -4.95. The number of rotatable bonds is 9. The van der Waals surface area contributed by atoms with Crippen molar-refractivity contribution in [3.05, 3.63) is 75.7 Å². The first-order valence-corrected chi connectivity index (χ1v) is 14.2. The number of alkyl halides is 3. The van der Waals surface area contributed by atoms with Crippen LogP contribution in [0.1, 0.15) is 21.6 Å². The fourth-order valence-electron chi connectivity index (χ4n) is 3.14. The zero-order valence-corrected chi connectivity index (χ0v) is 22.5. The van der Waals surface area contributed by atoms with Gasteiger partial charge in [-0.05, 0) is 36.4 Å². The van der Waals surface area contributed by atoms with Crippen LogP contribution >= 0.6 is 23.2 Å². The highest BCUT2D eigenvalue weighted by Gasteiger charge is 2.36. The van der Waals surface area contributed by atoms with E-state index in [2.05, 4.69) is 14.7 Å². The van der Waals surface area contributed by atoms with E-state index in [4.69, 9.17) is 27.9 Å². The first kappa shape index (κ1) is 29.6. The van der Waals surface area contributed by atoms with Gasteiger partial charge in [0.25, 0.3) is 10.0 Å². The Labute approximate surface area is 225 Å². The van der Waals surface area contributed by atoms with Gasteiger partial charge in [0.2, 0.25) is 15.8 Å². The Morgan fingerprint density at radius 1 is 1.08 bits per heavy atom. The number of hydrogen-bond acceptors (Lipinski definition) is 8. The van der Waals surface area contributed by atoms with Gasteiger partial charge in [0.05, 0.1) is 32.4 Å². The molecule has 38 heavy (non-hydrogen) atoms. The van der Waals surface area contributed by atoms with E-state index in [0.29, 0.717) is 10.4 Å². The van der Waals surface area contributed by atoms with E-state index < -0.39 is 65.6 Å². The number of benzene rings is 1. The van der Waals surface area contributed by atoms with Gasteiger partial charge in [0.15, 0.2) is 0 Å². The van der Waals surface area contributed by atoms with Crippen LogP contribution in [0.15, 0.2) is 53.7 Å². The van der Waals surface area contributed by atoms with Gasteiger partial charge in [-0.25, -0.2) is 31.1 Å². The van der Waals surface area contributed by atoms with E-state index in [-0.39, 0.29) is 16.4 Å². The van der Waals surface area contributed by atoms with Crippen molar-refractivity contribution >= 4 is 60.5 Å². The van der Waals surface area contributed by atoms with Crippen molar-refractivity contribution < 1.29 is 39.5 Å². The van der Waals surface area contributed by atoms with Gasteiger partial charge in [-0.1, -0.05) is 23.2 Å². The summed E-state index contributed by atoms with van der Waals surface area (Å²) in [4.78, 5) is 20.3. The molecule has 0 aliphatic heterocycles. The highest BCUT2D eigenvalue weighted by Crippen LogP contribution is 2.37. The van der Waals surface area contributed by atoms with Gasteiger partial charge < -0.3 is 4.74 Å². The van der Waals surface area contributed by atoms with Crippen molar-refractivity contribution in [1.82, 2.24) is 9.97 Å². The van der Waals surface area contributed by atoms with E-state index in [1.54, 1.807) is 0 Å². The highest BCUT2D eigenvalue weighted by atomic mass is 35.5. The zero-order chi connectivity index (χ0) is 28.5. The second-order valence-corrected chi connectivity index (χ2v) is 12.0. The fourth-order valence-corrected chi connectivity index (χ4v) is 5.41. The number of nitrogens with zero attached hydrogens (tertiary/aromatic N) is 3. The average molecular weight is 613 g/mol. The van der Waals surface area contributed by atoms with Crippen LogP contribution in [-0.4, -0.2) is 52.7 Å². The molecule has 0 atom stereocenters. The third kappa shape index (κ3) is 6.71. The molecule has 204 valence electrons. The summed E-state index contributed by atoms with van der Waals surface area (Å²) < 4.78 is 97.9. The normalized spacial score (nSPS) is 12.3. The Bertz CT molecular complexity index is 1600. The minimum Gasteiger partial charge on any atom is -0.363 e. The number of ether oxygens (including phenoxy) is 1. The molecule has 0 spiro atoms. The van der Waals surface area contributed by atoms with Gasteiger partial charge in [0, 0.05) is 25.1 Å². The monoisotopic (exact) mass is 612 g/mol. The van der Waals surface area contributed by atoms with Crippen LogP contribution in [0.4, 0.5) is 24.7 Å². The number of carbonyl (C=O) groups is 1. The summed E-state index contributed by atoms with van der Waals surface area (Å²) in [6.45, 7) is -0.744. The Hall–Kier alpha value is -2.98. The number of halogens is 5. The van der Waals surface area contributed by atoms with Crippen molar-refractivity contribution in [3.8, 4) is 0 Å². The van der Waals surface area contributed by atoms with Crippen LogP contribution in [0.3, 0.4) is 0 Å². The molecule has 0 radical (unpaired) electrons. The van der Waals surface area contributed by atoms with Crippen LogP contribution in [0.2, 0.25) is 10.0 Å². The Morgan fingerprint density at radius 2 is 1.76 bits per heavy atom. The molecule has 0 aliphatic rings. The number of methoxy groups -OCH3 is 1. The first-order valence-electron chi connectivity index (χ1n) is 10.1. The topological polar surface area (TPSA) is 136 Å². The van der Waals surface area contributed by atoms with E-state index in [1.165, 1.54) is 6.07 Å². The number of hydrogen-bond donors (Lipinski definition) is 1. The first-order chi connectivity index (χ1) is 17.5. The zero-order valence-electron chi connectivity index (χ0n) is 19.3. The molecule has 2 aromatic heterocycles. The van der Waals surface area contributed by atoms with Gasteiger partial charge >= 0.3 is 6.18 Å². The Balaban J connectivity index is 2.17. The number of sulfonamides is 2. The summed E-state index contributed by atoms with van der Waals surface area (Å²) in [7, 11) is -7.42. The van der Waals surface area contributed by atoms with Gasteiger partial charge in [-0.15, -0.1) is 0 Å². The number of aromatic nitrogens is 2. The third-order valence-corrected chi connectivity index (χ3v) is 7.56. The van der Waals surface area contributed by atoms with Crippen LogP contribution in [0.5, 0.6) is 0 Å². The third-order valence-electron chi connectivity index (χ3n) is 4.71. The van der Waals surface area contributed by atoms with Crippen molar-refractivity contribution in [1.29, 1.82) is 0 Å². The largest absolute Gasteiger partial charge is 0.417 e. The summed E-state index contributed by atoms with van der Waals surface area (Å²) in [5.74, 6) is -1.07. The lowest BCUT2D eigenvalue weighted by atomic mass is 10.1. The smallest absolute Gasteiger partial charge is 0.363 e. The maximum absolute atomic E-state index is 13.5. The standard InChI is InChI=1S/C21H17Cl2F3N4O6S2/c1-36-11-30(38(34,35)14-3-4-16(23)15(9-14)21(24,25)26)17-8-13(22)10-28-19(17)20(31)12-5-6-27-18(7-12)29-37(2,32)33/h3-10H,11H2,1-2H3,(H,27,29). The summed E-state index contributed by atoms with van der Waals surface area (Å²) >= 11 is 11.6. The molecule has 0 bridgehead atoms. The number of pyridine rings is 2. The van der Waals surface area contributed by atoms with Crippen LogP contribution < -0.4 is 9.03 Å². The van der Waals surface area contributed by atoms with Crippen LogP contribution in [0.25, 0.3) is 0 Å². The molecule has 0 amide bonds. The predicted molar refractivity (Wildman–Crippen MR) is 133 cm³/mol. The van der Waals surface area contributed by atoms with E-state index in [1.807, 2.05) is 0 Å². The number of nitrogens with one attached hydrogen (secondary N) is 1. The van der Waals surface area contributed by atoms with Gasteiger partial charge in [0.1, 0.15) is 18.2 Å². The number of ketones is 1. The molecule has 0 unspecified atom stereocenters. The van der Waals surface area contributed by atoms with Crippen LogP contribution in [0, 0.1) is 0 Å². The quantitative estimate of drug-likeness (QED) is 0.280. The molecular weight excluding hydrogens is 596 g/mol. The molecule has 1 N–H and O–H groups in total. The van der Waals surface area contributed by atoms with Gasteiger partial charge in [-0.3, -0.25) is 9.52 Å². The van der Waals surface area contributed by atoms with Crippen molar-refractivity contribution in [2.75, 3.05) is 29.1 Å². The fraction of sp³-hybridized carbons (Fsp3) is 0.190. The molecule has 17 heteroatoms. The van der Waals surface area contributed by atoms with Crippen molar-refractivity contribution in [3.63, 3.8) is 0 Å². The van der Waals surface area contributed by atoms with E-state index in [9.17, 15) is 34.8 Å². The molecule has 2 heterocycles. The van der Waals surface area contributed by atoms with E-state index >= 15 is 0 Å². The molecule has 0 fully saturated rings. The van der Waals surface area contributed by atoms with Gasteiger partial charge in [-0.2, -0.15) is 13.2 Å². The molecule has 0 saturated heterocycles. The number of carbonyl (C=O) groups excluding carboxylic acids is 1. The second kappa shape index (κ2) is 11.0. The average Bonchev–Trinajstić information content (AvgIpc) is 2.80. The molecule has 10 nitrogen and oxygen atoms in total. The summed E-state index contributed by atoms with van der Waals surface area (Å²) in [5.41, 5.74) is -2.41. The lowest BCUT2D eigenvalue weighted by Gasteiger charge is -2.25. The lowest BCUT2D eigenvalue weighted by molar-refractivity contribution is -0.137. The molecule has 0 saturated carbocycles. The molecule has 0 aliphatic carbocycles. The highest BCUT2D eigenvalue weighted by molar-refractivity contribution is 7.93. The second-order valence-electron chi connectivity index (χ2n) is 7.57. The summed E-state index contributed by atoms with van der Waals surface area (Å²) in [6, 6.07) is 5.37. The Morgan fingerprint density at radius 3 is 2.37 bits per heavy atom. The van der Waals surface area contributed by atoms with Crippen molar-refractivity contribution in [2.24, 2.45) is 0 Å². The lowest BCUT2D eigenvalue weighted by Crippen LogP contribution is -2.34.